The topological polar surface area (TPSA) is 90.1 Å². The minimum atomic E-state index is -1.09. The summed E-state index contributed by atoms with van der Waals surface area (Å²) in [4.78, 5) is 21.5. The molecule has 0 aliphatic heterocycles. The molecule has 128 valence electrons. The van der Waals surface area contributed by atoms with Crippen molar-refractivity contribution in [3.63, 3.8) is 0 Å². The van der Waals surface area contributed by atoms with Gasteiger partial charge in [0.05, 0.1) is 17.8 Å². The fourth-order valence-electron chi connectivity index (χ4n) is 3.52. The number of nitriles is 1. The quantitative estimate of drug-likeness (QED) is 0.921. The summed E-state index contributed by atoms with van der Waals surface area (Å²) in [5, 5.41) is 18.9. The lowest BCUT2D eigenvalue weighted by Gasteiger charge is -2.39. The van der Waals surface area contributed by atoms with Crippen molar-refractivity contribution in [2.24, 2.45) is 0 Å². The first-order valence-electron chi connectivity index (χ1n) is 8.04. The van der Waals surface area contributed by atoms with E-state index in [4.69, 9.17) is 5.26 Å². The van der Waals surface area contributed by atoms with Gasteiger partial charge in [-0.1, -0.05) is 25.0 Å². The maximum absolute atomic E-state index is 13.5. The Labute approximate surface area is 144 Å². The van der Waals surface area contributed by atoms with Crippen molar-refractivity contribution in [2.75, 3.05) is 0 Å². The molecular weight excluding hydrogens is 323 g/mol. The van der Waals surface area contributed by atoms with Crippen LogP contribution in [-0.4, -0.2) is 26.1 Å². The molecule has 1 aromatic heterocycles. The molecule has 1 amide bonds. The van der Waals surface area contributed by atoms with Gasteiger partial charge in [-0.3, -0.25) is 4.90 Å². The summed E-state index contributed by atoms with van der Waals surface area (Å²) >= 11 is 0. The van der Waals surface area contributed by atoms with Crippen molar-refractivity contribution < 1.29 is 14.3 Å². The summed E-state index contributed by atoms with van der Waals surface area (Å²) in [5.74, 6) is -0.392. The van der Waals surface area contributed by atoms with Gasteiger partial charge in [-0.2, -0.15) is 5.26 Å². The summed E-state index contributed by atoms with van der Waals surface area (Å²) in [7, 11) is 0. The Hall–Kier alpha value is -3.01. The second-order valence-corrected chi connectivity index (χ2v) is 6.11. The van der Waals surface area contributed by atoms with E-state index in [0.29, 0.717) is 24.1 Å². The number of carbonyl (C=O) groups is 1. The van der Waals surface area contributed by atoms with Gasteiger partial charge in [0.15, 0.2) is 0 Å². The highest BCUT2D eigenvalue weighted by atomic mass is 19.1. The molecule has 0 spiro atoms. The number of hydrogen-bond acceptors (Lipinski definition) is 4. The molecule has 1 aromatic carbocycles. The van der Waals surface area contributed by atoms with Crippen molar-refractivity contribution in [3.8, 4) is 6.07 Å². The van der Waals surface area contributed by atoms with Crippen molar-refractivity contribution in [1.82, 2.24) is 14.9 Å². The van der Waals surface area contributed by atoms with Crippen LogP contribution < -0.4 is 0 Å². The Morgan fingerprint density at radius 2 is 2.12 bits per heavy atom. The smallest absolute Gasteiger partial charge is 0.408 e. The highest BCUT2D eigenvalue weighted by molar-refractivity contribution is 5.67. The zero-order valence-electron chi connectivity index (χ0n) is 13.5. The van der Waals surface area contributed by atoms with Gasteiger partial charge in [0.2, 0.25) is 5.82 Å². The van der Waals surface area contributed by atoms with Crippen LogP contribution >= 0.6 is 0 Å². The maximum atomic E-state index is 13.5. The lowest BCUT2D eigenvalue weighted by molar-refractivity contribution is 0.0671. The van der Waals surface area contributed by atoms with Gasteiger partial charge >= 0.3 is 6.09 Å². The van der Waals surface area contributed by atoms with Gasteiger partial charge in [-0.05, 0) is 36.6 Å². The number of hydrogen-bond donors (Lipinski definition) is 1. The van der Waals surface area contributed by atoms with Gasteiger partial charge in [0.25, 0.3) is 0 Å². The molecule has 1 saturated carbocycles. The van der Waals surface area contributed by atoms with Crippen LogP contribution in [0.3, 0.4) is 0 Å². The average Bonchev–Trinajstić information content (AvgIpc) is 3.10. The molecule has 2 aromatic rings. The number of benzene rings is 1. The van der Waals surface area contributed by atoms with Crippen LogP contribution in [0.1, 0.15) is 42.8 Å². The first-order valence-corrected chi connectivity index (χ1v) is 8.04. The first-order chi connectivity index (χ1) is 12.0. The summed E-state index contributed by atoms with van der Waals surface area (Å²) in [6.45, 7) is 0.0545. The monoisotopic (exact) mass is 340 g/mol. The van der Waals surface area contributed by atoms with Crippen molar-refractivity contribution in [3.05, 3.63) is 59.4 Å². The Morgan fingerprint density at radius 1 is 1.36 bits per heavy atom. The largest absolute Gasteiger partial charge is 0.465 e. The molecule has 3 rings (SSSR count). The fraction of sp³-hybridized carbons (Fsp3) is 0.333. The Bertz CT molecular complexity index is 828. The van der Waals surface area contributed by atoms with Gasteiger partial charge < -0.3 is 5.11 Å². The van der Waals surface area contributed by atoms with E-state index in [1.165, 1.54) is 23.2 Å². The van der Waals surface area contributed by atoms with E-state index in [1.807, 2.05) is 6.07 Å². The average molecular weight is 340 g/mol. The van der Waals surface area contributed by atoms with Gasteiger partial charge in [-0.15, -0.1) is 0 Å². The van der Waals surface area contributed by atoms with Crippen molar-refractivity contribution >= 4 is 6.09 Å². The van der Waals surface area contributed by atoms with Crippen LogP contribution in [0.5, 0.6) is 0 Å². The van der Waals surface area contributed by atoms with E-state index < -0.39 is 17.4 Å². The summed E-state index contributed by atoms with van der Waals surface area (Å²) in [6.07, 6.45) is 3.32. The fourth-order valence-corrected chi connectivity index (χ4v) is 3.52. The number of aromatic nitrogens is 2. The second-order valence-electron chi connectivity index (χ2n) is 6.11. The Balaban J connectivity index is 2.03. The number of rotatable bonds is 4. The molecule has 1 fully saturated rings. The standard InChI is InChI=1S/C18H17FN4O2/c19-14-5-3-4-13(10-14)12-23(17(24)25)18(7-1-2-8-18)15-6-9-21-16(11-20)22-15/h3-6,9-10H,1-2,7-8,12H2,(H,24,25). The molecule has 1 aliphatic carbocycles. The predicted octanol–water partition coefficient (Wildman–Crippen LogP) is 3.44. The van der Waals surface area contributed by atoms with E-state index in [1.54, 1.807) is 18.2 Å². The molecule has 0 saturated heterocycles. The summed E-state index contributed by atoms with van der Waals surface area (Å²) in [6, 6.07) is 9.47. The second kappa shape index (κ2) is 6.85. The highest BCUT2D eigenvalue weighted by Crippen LogP contribution is 2.44. The van der Waals surface area contributed by atoms with E-state index in [9.17, 15) is 14.3 Å². The molecule has 0 bridgehead atoms. The minimum absolute atomic E-state index is 0.0138. The van der Waals surface area contributed by atoms with Crippen LogP contribution in [0.2, 0.25) is 0 Å². The van der Waals surface area contributed by atoms with Crippen LogP contribution in [0, 0.1) is 17.1 Å². The van der Waals surface area contributed by atoms with Crippen LogP contribution in [0.15, 0.2) is 36.5 Å². The molecule has 0 atom stereocenters. The zero-order valence-corrected chi connectivity index (χ0v) is 13.5. The zero-order chi connectivity index (χ0) is 17.9. The summed E-state index contributed by atoms with van der Waals surface area (Å²) in [5.41, 5.74) is 0.269. The molecule has 25 heavy (non-hydrogen) atoms. The predicted molar refractivity (Wildman–Crippen MR) is 86.9 cm³/mol. The van der Waals surface area contributed by atoms with E-state index in [-0.39, 0.29) is 12.4 Å². The van der Waals surface area contributed by atoms with Crippen LogP contribution in [0.25, 0.3) is 0 Å². The number of halogens is 1. The lowest BCUT2D eigenvalue weighted by atomic mass is 9.90. The van der Waals surface area contributed by atoms with Crippen LogP contribution in [0.4, 0.5) is 9.18 Å². The normalized spacial score (nSPS) is 15.5. The number of amides is 1. The SMILES string of the molecule is N#Cc1nccc(C2(N(Cc3cccc(F)c3)C(=O)O)CCCC2)n1. The van der Waals surface area contributed by atoms with E-state index in [0.717, 1.165) is 12.8 Å². The Kier molecular flexibility index (Phi) is 4.61. The lowest BCUT2D eigenvalue weighted by Crippen LogP contribution is -2.47. The molecule has 1 aliphatic rings. The molecule has 0 unspecified atom stereocenters. The van der Waals surface area contributed by atoms with Gasteiger partial charge in [0.1, 0.15) is 11.9 Å². The molecule has 1 heterocycles. The minimum Gasteiger partial charge on any atom is -0.465 e. The summed E-state index contributed by atoms with van der Waals surface area (Å²) < 4.78 is 13.5. The molecule has 0 radical (unpaired) electrons. The maximum Gasteiger partial charge on any atom is 0.408 e. The van der Waals surface area contributed by atoms with Crippen molar-refractivity contribution in [2.45, 2.75) is 37.8 Å². The van der Waals surface area contributed by atoms with Gasteiger partial charge in [-0.25, -0.2) is 19.2 Å². The highest BCUT2D eigenvalue weighted by Gasteiger charge is 2.45. The first kappa shape index (κ1) is 16.8. The third kappa shape index (κ3) is 3.29. The molecule has 7 heteroatoms. The van der Waals surface area contributed by atoms with Gasteiger partial charge in [0, 0.05) is 6.20 Å². The Morgan fingerprint density at radius 3 is 2.76 bits per heavy atom. The molecule has 6 nitrogen and oxygen atoms in total. The van der Waals surface area contributed by atoms with E-state index >= 15 is 0 Å². The van der Waals surface area contributed by atoms with Crippen LogP contribution in [-0.2, 0) is 12.1 Å². The molecular formula is C18H17FN4O2. The third-order valence-electron chi connectivity index (χ3n) is 4.64. The third-order valence-corrected chi connectivity index (χ3v) is 4.64. The number of carboxylic acid groups (broad SMARTS) is 1. The number of nitrogens with zero attached hydrogens (tertiary/aromatic N) is 4. The molecule has 1 N–H and O–H groups in total. The van der Waals surface area contributed by atoms with Crippen molar-refractivity contribution in [1.29, 1.82) is 5.26 Å². The van der Waals surface area contributed by atoms with E-state index in [2.05, 4.69) is 9.97 Å².